The van der Waals surface area contributed by atoms with Gasteiger partial charge in [0.2, 0.25) is 0 Å². The second kappa shape index (κ2) is 9.87. The van der Waals surface area contributed by atoms with Gasteiger partial charge in [-0.15, -0.1) is 0 Å². The van der Waals surface area contributed by atoms with Crippen molar-refractivity contribution in [1.29, 1.82) is 0 Å². The zero-order valence-corrected chi connectivity index (χ0v) is 16.1. The number of aliphatic carboxylic acids is 1. The summed E-state index contributed by atoms with van der Waals surface area (Å²) in [5, 5.41) is 13.5. The SMILES string of the molecule is CCOCCCN(CC(C)C(=O)O)C(=O)c1cnn(-c2ccccc2C)c1. The quantitative estimate of drug-likeness (QED) is 0.647. The van der Waals surface area contributed by atoms with Crippen LogP contribution in [0.25, 0.3) is 5.69 Å². The predicted octanol–water partition coefficient (Wildman–Crippen LogP) is 2.77. The first-order valence-electron chi connectivity index (χ1n) is 9.14. The van der Waals surface area contributed by atoms with Gasteiger partial charge in [0.05, 0.1) is 23.4 Å². The van der Waals surface area contributed by atoms with Gasteiger partial charge in [0.15, 0.2) is 0 Å². The molecule has 7 heteroatoms. The topological polar surface area (TPSA) is 84.7 Å². The number of aryl methyl sites for hydroxylation is 1. The van der Waals surface area contributed by atoms with Crippen molar-refractivity contribution < 1.29 is 19.4 Å². The normalized spacial score (nSPS) is 12.0. The van der Waals surface area contributed by atoms with Crippen molar-refractivity contribution in [3.05, 3.63) is 47.8 Å². The largest absolute Gasteiger partial charge is 0.481 e. The number of carbonyl (C=O) groups is 2. The molecule has 7 nitrogen and oxygen atoms in total. The first-order valence-corrected chi connectivity index (χ1v) is 9.14. The minimum Gasteiger partial charge on any atom is -0.481 e. The molecular weight excluding hydrogens is 346 g/mol. The Kier molecular flexibility index (Phi) is 7.55. The molecule has 27 heavy (non-hydrogen) atoms. The van der Waals surface area contributed by atoms with Crippen molar-refractivity contribution in [2.45, 2.75) is 27.2 Å². The fraction of sp³-hybridized carbons (Fsp3) is 0.450. The average molecular weight is 373 g/mol. The van der Waals surface area contributed by atoms with Gasteiger partial charge in [-0.3, -0.25) is 9.59 Å². The average Bonchev–Trinajstić information content (AvgIpc) is 3.13. The summed E-state index contributed by atoms with van der Waals surface area (Å²) >= 11 is 0. The standard InChI is InChI=1S/C20H27N3O4/c1-4-27-11-7-10-22(13-16(3)20(25)26)19(24)17-12-21-23(14-17)18-9-6-5-8-15(18)2/h5-6,8-9,12,14,16H,4,7,10-11,13H2,1-3H3,(H,25,26). The molecule has 0 aliphatic carbocycles. The van der Waals surface area contributed by atoms with Crippen molar-refractivity contribution in [2.24, 2.45) is 5.92 Å². The molecule has 0 bridgehead atoms. The summed E-state index contributed by atoms with van der Waals surface area (Å²) in [5.74, 6) is -1.79. The highest BCUT2D eigenvalue weighted by Gasteiger charge is 2.22. The smallest absolute Gasteiger partial charge is 0.308 e. The highest BCUT2D eigenvalue weighted by molar-refractivity contribution is 5.94. The number of aromatic nitrogens is 2. The molecule has 0 radical (unpaired) electrons. The zero-order chi connectivity index (χ0) is 19.8. The van der Waals surface area contributed by atoms with Crippen LogP contribution in [0.1, 0.15) is 36.2 Å². The van der Waals surface area contributed by atoms with E-state index in [1.807, 2.05) is 38.1 Å². The van der Waals surface area contributed by atoms with E-state index in [-0.39, 0.29) is 12.5 Å². The fourth-order valence-electron chi connectivity index (χ4n) is 2.75. The van der Waals surface area contributed by atoms with Gasteiger partial charge in [0.25, 0.3) is 5.91 Å². The number of ether oxygens (including phenoxy) is 1. The summed E-state index contributed by atoms with van der Waals surface area (Å²) in [6, 6.07) is 7.78. The summed E-state index contributed by atoms with van der Waals surface area (Å²) in [4.78, 5) is 25.7. The number of hydrogen-bond donors (Lipinski definition) is 1. The van der Waals surface area contributed by atoms with Crippen LogP contribution in [0.3, 0.4) is 0 Å². The number of carbonyl (C=O) groups excluding carboxylic acids is 1. The molecule has 1 atom stereocenters. The lowest BCUT2D eigenvalue weighted by Crippen LogP contribution is -2.38. The summed E-state index contributed by atoms with van der Waals surface area (Å²) in [5.41, 5.74) is 2.39. The van der Waals surface area contributed by atoms with Crippen LogP contribution in [-0.4, -0.2) is 58.0 Å². The molecule has 1 aromatic heterocycles. The van der Waals surface area contributed by atoms with Crippen molar-refractivity contribution in [1.82, 2.24) is 14.7 Å². The Morgan fingerprint density at radius 3 is 2.74 bits per heavy atom. The summed E-state index contributed by atoms with van der Waals surface area (Å²) in [6.07, 6.45) is 3.86. The van der Waals surface area contributed by atoms with Crippen LogP contribution in [0.15, 0.2) is 36.7 Å². The van der Waals surface area contributed by atoms with Crippen LogP contribution in [-0.2, 0) is 9.53 Å². The maximum absolute atomic E-state index is 12.9. The molecule has 146 valence electrons. The molecule has 0 saturated carbocycles. The number of hydrogen-bond acceptors (Lipinski definition) is 4. The van der Waals surface area contributed by atoms with Crippen LogP contribution in [0.4, 0.5) is 0 Å². The number of rotatable bonds is 10. The molecule has 2 rings (SSSR count). The van der Waals surface area contributed by atoms with Crippen LogP contribution in [0.5, 0.6) is 0 Å². The first kappa shape index (κ1) is 20.6. The lowest BCUT2D eigenvalue weighted by molar-refractivity contribution is -0.141. The van der Waals surface area contributed by atoms with E-state index in [4.69, 9.17) is 4.74 Å². The molecule has 1 aromatic carbocycles. The maximum Gasteiger partial charge on any atom is 0.308 e. The molecule has 1 unspecified atom stereocenters. The molecule has 1 N–H and O–H groups in total. The Hall–Kier alpha value is -2.67. The van der Waals surface area contributed by atoms with E-state index in [2.05, 4.69) is 5.10 Å². The van der Waals surface area contributed by atoms with Gasteiger partial charge in [0.1, 0.15) is 0 Å². The summed E-state index contributed by atoms with van der Waals surface area (Å²) in [7, 11) is 0. The third-order valence-electron chi connectivity index (χ3n) is 4.32. The second-order valence-electron chi connectivity index (χ2n) is 6.50. The number of nitrogens with zero attached hydrogens (tertiary/aromatic N) is 3. The first-order chi connectivity index (χ1) is 12.9. The maximum atomic E-state index is 12.9. The molecular formula is C20H27N3O4. The number of amides is 1. The van der Waals surface area contributed by atoms with Crippen molar-refractivity contribution >= 4 is 11.9 Å². The van der Waals surface area contributed by atoms with Gasteiger partial charge >= 0.3 is 5.97 Å². The Morgan fingerprint density at radius 1 is 1.33 bits per heavy atom. The predicted molar refractivity (Wildman–Crippen MR) is 102 cm³/mol. The van der Waals surface area contributed by atoms with Crippen LogP contribution in [0.2, 0.25) is 0 Å². The van der Waals surface area contributed by atoms with Crippen LogP contribution in [0, 0.1) is 12.8 Å². The van der Waals surface area contributed by atoms with E-state index < -0.39 is 11.9 Å². The van der Waals surface area contributed by atoms with E-state index in [9.17, 15) is 14.7 Å². The Bertz CT molecular complexity index is 772. The lowest BCUT2D eigenvalue weighted by Gasteiger charge is -2.24. The Balaban J connectivity index is 2.16. The lowest BCUT2D eigenvalue weighted by atomic mass is 10.1. The molecule has 2 aromatic rings. The monoisotopic (exact) mass is 373 g/mol. The van der Waals surface area contributed by atoms with Gasteiger partial charge in [-0.05, 0) is 31.9 Å². The van der Waals surface area contributed by atoms with Gasteiger partial charge in [-0.1, -0.05) is 25.1 Å². The number of carboxylic acids is 1. The van der Waals surface area contributed by atoms with Crippen molar-refractivity contribution in [2.75, 3.05) is 26.3 Å². The van der Waals surface area contributed by atoms with E-state index in [0.29, 0.717) is 31.7 Å². The van der Waals surface area contributed by atoms with Crippen LogP contribution >= 0.6 is 0 Å². The highest BCUT2D eigenvalue weighted by atomic mass is 16.5. The highest BCUT2D eigenvalue weighted by Crippen LogP contribution is 2.15. The van der Waals surface area contributed by atoms with Crippen molar-refractivity contribution in [3.8, 4) is 5.69 Å². The van der Waals surface area contributed by atoms with E-state index in [0.717, 1.165) is 11.3 Å². The summed E-state index contributed by atoms with van der Waals surface area (Å²) in [6.45, 7) is 7.22. The fourth-order valence-corrected chi connectivity index (χ4v) is 2.75. The number of para-hydroxylation sites is 1. The minimum absolute atomic E-state index is 0.149. The third-order valence-corrected chi connectivity index (χ3v) is 4.32. The Labute approximate surface area is 159 Å². The van der Waals surface area contributed by atoms with Gasteiger partial charge in [-0.2, -0.15) is 5.10 Å². The van der Waals surface area contributed by atoms with Crippen LogP contribution < -0.4 is 0 Å². The molecule has 0 aliphatic rings. The van der Waals surface area contributed by atoms with Gasteiger partial charge < -0.3 is 14.7 Å². The Morgan fingerprint density at radius 2 is 2.07 bits per heavy atom. The van der Waals surface area contributed by atoms with Gasteiger partial charge in [-0.25, -0.2) is 4.68 Å². The molecule has 1 heterocycles. The molecule has 1 amide bonds. The second-order valence-corrected chi connectivity index (χ2v) is 6.50. The zero-order valence-electron chi connectivity index (χ0n) is 16.1. The molecule has 0 spiro atoms. The molecule has 0 aliphatic heterocycles. The third kappa shape index (κ3) is 5.65. The summed E-state index contributed by atoms with van der Waals surface area (Å²) < 4.78 is 6.99. The van der Waals surface area contributed by atoms with E-state index >= 15 is 0 Å². The number of carboxylic acid groups (broad SMARTS) is 1. The molecule has 0 fully saturated rings. The van der Waals surface area contributed by atoms with Crippen molar-refractivity contribution in [3.63, 3.8) is 0 Å². The number of benzene rings is 1. The minimum atomic E-state index is -0.923. The van der Waals surface area contributed by atoms with E-state index in [1.54, 1.807) is 22.7 Å². The molecule has 0 saturated heterocycles. The van der Waals surface area contributed by atoms with Gasteiger partial charge in [0, 0.05) is 32.5 Å². The van der Waals surface area contributed by atoms with E-state index in [1.165, 1.54) is 6.20 Å².